The molecule has 0 saturated carbocycles. The van der Waals surface area contributed by atoms with Gasteiger partial charge in [0.1, 0.15) is 48.8 Å². The van der Waals surface area contributed by atoms with Gasteiger partial charge in [-0.1, -0.05) is 255 Å². The summed E-state index contributed by atoms with van der Waals surface area (Å²) in [7, 11) is 0. The van der Waals surface area contributed by atoms with E-state index in [4.69, 9.17) is 18.9 Å². The molecule has 9 N–H and O–H groups in total. The minimum atomic E-state index is -1.78. The minimum absolute atomic E-state index is 0.206. The van der Waals surface area contributed by atoms with Crippen molar-refractivity contribution in [1.82, 2.24) is 5.32 Å². The molecule has 0 aromatic rings. The summed E-state index contributed by atoms with van der Waals surface area (Å²) in [5, 5.41) is 87.0. The van der Waals surface area contributed by atoms with Gasteiger partial charge in [0.15, 0.2) is 12.6 Å². The fourth-order valence-electron chi connectivity index (χ4n) is 10.6. The summed E-state index contributed by atoms with van der Waals surface area (Å²) in [4.78, 5) is 13.2. The normalized spacial score (nSPS) is 24.7. The van der Waals surface area contributed by atoms with Gasteiger partial charge in [0, 0.05) is 6.42 Å². The maximum absolute atomic E-state index is 13.2. The zero-order chi connectivity index (χ0) is 57.4. The predicted octanol–water partition coefficient (Wildman–Crippen LogP) is 12.0. The SMILES string of the molecule is CC/C=C\C/C=C\C/C=C\C/C=C\CCCCCCCCCCCCCCCCCCCCCCCCCCC(=O)NC(COC1OC(CO)C(OC2OC(CO)C(O)C(O)C2O)C(O)C1O)C(O)CCCCCCCCCC. The van der Waals surface area contributed by atoms with Crippen LogP contribution in [0.1, 0.15) is 264 Å². The zero-order valence-electron chi connectivity index (χ0n) is 49.9. The molecule has 0 radical (unpaired) electrons. The number of carbonyl (C=O) groups excluding carboxylic acids is 1. The van der Waals surface area contributed by atoms with E-state index in [0.717, 1.165) is 77.0 Å². The van der Waals surface area contributed by atoms with Crippen LogP contribution in [0, 0.1) is 0 Å². The molecule has 2 aliphatic rings. The Bertz CT molecular complexity index is 1510. The standard InChI is InChI=1S/C65H119NO13/c1-3-5-7-9-11-13-14-15-16-17-18-19-20-21-22-23-24-25-26-27-28-29-30-31-32-33-34-35-36-37-38-39-40-41-43-45-47-49-57(70)66-53(54(69)48-46-44-42-12-10-8-6-4-2)52-76-64-62(75)60(73)63(56(51-68)78-64)79-65-61(74)59(72)58(71)55(50-67)77-65/h5,7,11,13,15-16,18-19,53-56,58-65,67-69,71-75H,3-4,6,8-10,12,14,17,20-52H2,1-2H3,(H,66,70)/b7-5-,13-11-,16-15-,19-18-. The lowest BCUT2D eigenvalue weighted by Gasteiger charge is -2.46. The van der Waals surface area contributed by atoms with Crippen LogP contribution < -0.4 is 5.32 Å². The van der Waals surface area contributed by atoms with E-state index in [1.165, 1.54) is 161 Å². The number of unbranched alkanes of at least 4 members (excludes halogenated alkanes) is 31. The third kappa shape index (κ3) is 35.6. The number of hydrogen-bond donors (Lipinski definition) is 9. The molecule has 12 atom stereocenters. The van der Waals surface area contributed by atoms with Gasteiger partial charge in [0.2, 0.25) is 5.91 Å². The van der Waals surface area contributed by atoms with Gasteiger partial charge in [-0.15, -0.1) is 0 Å². The number of ether oxygens (including phenoxy) is 4. The lowest BCUT2D eigenvalue weighted by atomic mass is 9.97. The van der Waals surface area contributed by atoms with E-state index in [0.29, 0.717) is 12.8 Å². The van der Waals surface area contributed by atoms with Gasteiger partial charge < -0.3 is 65.1 Å². The quantitative estimate of drug-likeness (QED) is 0.0204. The first-order valence-electron chi connectivity index (χ1n) is 32.4. The average molecular weight is 1120 g/mol. The van der Waals surface area contributed by atoms with E-state index >= 15 is 0 Å². The Kier molecular flexibility index (Phi) is 46.7. The van der Waals surface area contributed by atoms with Crippen molar-refractivity contribution in [2.24, 2.45) is 0 Å². The Balaban J connectivity index is 1.52. The summed E-state index contributed by atoms with van der Waals surface area (Å²) in [6.07, 6.45) is 47.5. The van der Waals surface area contributed by atoms with Crippen molar-refractivity contribution in [3.8, 4) is 0 Å². The Morgan fingerprint density at radius 1 is 0.468 bits per heavy atom. The number of hydrogen-bond acceptors (Lipinski definition) is 13. The van der Waals surface area contributed by atoms with Gasteiger partial charge in [0.05, 0.1) is 32.0 Å². The van der Waals surface area contributed by atoms with Crippen molar-refractivity contribution in [1.29, 1.82) is 0 Å². The molecule has 2 aliphatic heterocycles. The second kappa shape index (κ2) is 50.5. The molecule has 0 bridgehead atoms. The topological polar surface area (TPSA) is 228 Å². The molecule has 0 aliphatic carbocycles. The molecule has 2 fully saturated rings. The van der Waals surface area contributed by atoms with Crippen molar-refractivity contribution in [2.75, 3.05) is 19.8 Å². The summed E-state index contributed by atoms with van der Waals surface area (Å²) in [5.74, 6) is -0.206. The van der Waals surface area contributed by atoms with Crippen LogP contribution in [0.4, 0.5) is 0 Å². The number of rotatable bonds is 52. The molecule has 14 heteroatoms. The molecule has 0 aromatic heterocycles. The van der Waals surface area contributed by atoms with Crippen LogP contribution >= 0.6 is 0 Å². The highest BCUT2D eigenvalue weighted by atomic mass is 16.7. The second-order valence-electron chi connectivity index (χ2n) is 22.9. The maximum Gasteiger partial charge on any atom is 0.220 e. The number of allylic oxidation sites excluding steroid dienone is 8. The number of aliphatic hydroxyl groups is 8. The van der Waals surface area contributed by atoms with Gasteiger partial charge >= 0.3 is 0 Å². The highest BCUT2D eigenvalue weighted by Crippen LogP contribution is 2.30. The minimum Gasteiger partial charge on any atom is -0.394 e. The molecule has 2 rings (SSSR count). The van der Waals surface area contributed by atoms with Crippen LogP contribution in [0.15, 0.2) is 48.6 Å². The zero-order valence-corrected chi connectivity index (χ0v) is 49.9. The largest absolute Gasteiger partial charge is 0.394 e. The first kappa shape index (κ1) is 73.1. The fraction of sp³-hybridized carbons (Fsp3) is 0.862. The monoisotopic (exact) mass is 1120 g/mol. The van der Waals surface area contributed by atoms with Crippen LogP contribution in [0.2, 0.25) is 0 Å². The maximum atomic E-state index is 13.2. The average Bonchev–Trinajstić information content (AvgIpc) is 3.47. The molecule has 79 heavy (non-hydrogen) atoms. The van der Waals surface area contributed by atoms with Crippen molar-refractivity contribution in [3.63, 3.8) is 0 Å². The van der Waals surface area contributed by atoms with Gasteiger partial charge in [-0.05, 0) is 51.4 Å². The van der Waals surface area contributed by atoms with E-state index < -0.39 is 86.8 Å². The van der Waals surface area contributed by atoms with Crippen LogP contribution in [-0.2, 0) is 23.7 Å². The Labute approximate surface area is 480 Å². The van der Waals surface area contributed by atoms with Crippen molar-refractivity contribution in [2.45, 2.75) is 338 Å². The van der Waals surface area contributed by atoms with Crippen molar-refractivity contribution < 1.29 is 64.6 Å². The highest BCUT2D eigenvalue weighted by molar-refractivity contribution is 5.76. The Morgan fingerprint density at radius 3 is 1.34 bits per heavy atom. The summed E-state index contributed by atoms with van der Waals surface area (Å²) in [6, 6.07) is -0.824. The molecule has 12 unspecified atom stereocenters. The summed E-state index contributed by atoms with van der Waals surface area (Å²) >= 11 is 0. The number of carbonyl (C=O) groups is 1. The van der Waals surface area contributed by atoms with Gasteiger partial charge in [0.25, 0.3) is 0 Å². The molecule has 14 nitrogen and oxygen atoms in total. The smallest absolute Gasteiger partial charge is 0.220 e. The van der Waals surface area contributed by atoms with Crippen LogP contribution in [0.3, 0.4) is 0 Å². The van der Waals surface area contributed by atoms with E-state index in [1.807, 2.05) is 0 Å². The molecule has 2 heterocycles. The fourth-order valence-corrected chi connectivity index (χ4v) is 10.6. The van der Waals surface area contributed by atoms with Crippen molar-refractivity contribution >= 4 is 5.91 Å². The first-order chi connectivity index (χ1) is 38.6. The Morgan fingerprint density at radius 2 is 0.873 bits per heavy atom. The molecular formula is C65H119NO13. The lowest BCUT2D eigenvalue weighted by molar-refractivity contribution is -0.359. The Hall–Kier alpha value is -2.05. The number of amides is 1. The second-order valence-corrected chi connectivity index (χ2v) is 22.9. The third-order valence-corrected chi connectivity index (χ3v) is 15.8. The molecule has 0 aromatic carbocycles. The molecule has 462 valence electrons. The van der Waals surface area contributed by atoms with E-state index in [9.17, 15) is 45.6 Å². The molecular weight excluding hydrogens is 1000 g/mol. The van der Waals surface area contributed by atoms with Crippen LogP contribution in [-0.4, -0.2) is 140 Å². The lowest BCUT2D eigenvalue weighted by Crippen LogP contribution is -2.65. The summed E-state index contributed by atoms with van der Waals surface area (Å²) in [6.45, 7) is 2.72. The number of aliphatic hydroxyl groups excluding tert-OH is 8. The van der Waals surface area contributed by atoms with Crippen LogP contribution in [0.25, 0.3) is 0 Å². The van der Waals surface area contributed by atoms with Gasteiger partial charge in [-0.2, -0.15) is 0 Å². The van der Waals surface area contributed by atoms with Crippen LogP contribution in [0.5, 0.6) is 0 Å². The van der Waals surface area contributed by atoms with Gasteiger partial charge in [-0.25, -0.2) is 0 Å². The molecule has 1 amide bonds. The van der Waals surface area contributed by atoms with E-state index in [1.54, 1.807) is 0 Å². The van der Waals surface area contributed by atoms with E-state index in [2.05, 4.69) is 67.8 Å². The van der Waals surface area contributed by atoms with Gasteiger partial charge in [-0.3, -0.25) is 4.79 Å². The van der Waals surface area contributed by atoms with Crippen molar-refractivity contribution in [3.05, 3.63) is 48.6 Å². The third-order valence-electron chi connectivity index (χ3n) is 15.8. The first-order valence-corrected chi connectivity index (χ1v) is 32.4. The predicted molar refractivity (Wildman–Crippen MR) is 318 cm³/mol. The summed E-state index contributed by atoms with van der Waals surface area (Å²) in [5.41, 5.74) is 0. The number of nitrogens with one attached hydrogen (secondary N) is 1. The summed E-state index contributed by atoms with van der Waals surface area (Å²) < 4.78 is 22.8. The molecule has 2 saturated heterocycles. The van der Waals surface area contributed by atoms with E-state index in [-0.39, 0.29) is 12.5 Å². The highest BCUT2D eigenvalue weighted by Gasteiger charge is 2.51. The molecule has 0 spiro atoms.